The Morgan fingerprint density at radius 3 is 2.68 bits per heavy atom. The highest BCUT2D eigenvalue weighted by Crippen LogP contribution is 2.12. The van der Waals surface area contributed by atoms with Crippen molar-refractivity contribution in [2.45, 2.75) is 6.92 Å². The minimum Gasteiger partial charge on any atom is -0.357 e. The summed E-state index contributed by atoms with van der Waals surface area (Å²) in [5.74, 6) is 3.19. The summed E-state index contributed by atoms with van der Waals surface area (Å²) >= 11 is 1.84. The lowest BCUT2D eigenvalue weighted by atomic mass is 10.3. The summed E-state index contributed by atoms with van der Waals surface area (Å²) in [4.78, 5) is 13.8. The van der Waals surface area contributed by atoms with Crippen LogP contribution in [-0.4, -0.2) is 67.1 Å². The first-order chi connectivity index (χ1) is 10.3. The fourth-order valence-electron chi connectivity index (χ4n) is 2.36. The van der Waals surface area contributed by atoms with Crippen LogP contribution in [-0.2, 0) is 0 Å². The smallest absolute Gasteiger partial charge is 0.194 e. The van der Waals surface area contributed by atoms with Crippen molar-refractivity contribution in [1.82, 2.24) is 15.2 Å². The zero-order valence-corrected chi connectivity index (χ0v) is 16.5. The highest BCUT2D eigenvalue weighted by Gasteiger charge is 2.20. The van der Waals surface area contributed by atoms with Gasteiger partial charge in [-0.1, -0.05) is 6.07 Å². The van der Waals surface area contributed by atoms with Gasteiger partial charge in [0.25, 0.3) is 0 Å². The number of hydrogen-bond donors (Lipinski definition) is 1. The van der Waals surface area contributed by atoms with E-state index in [-0.39, 0.29) is 24.0 Å². The molecule has 0 spiro atoms. The Morgan fingerprint density at radius 2 is 2.09 bits per heavy atom. The Kier molecular flexibility index (Phi) is 9.61. The van der Waals surface area contributed by atoms with Crippen LogP contribution in [0.25, 0.3) is 0 Å². The molecule has 5 nitrogen and oxygen atoms in total. The molecule has 0 radical (unpaired) electrons. The number of aromatic nitrogens is 1. The van der Waals surface area contributed by atoms with Crippen molar-refractivity contribution in [1.29, 1.82) is 0 Å². The predicted molar refractivity (Wildman–Crippen MR) is 108 cm³/mol. The molecule has 0 aliphatic carbocycles. The normalized spacial score (nSPS) is 15.5. The van der Waals surface area contributed by atoms with Crippen molar-refractivity contribution in [3.8, 4) is 0 Å². The molecule has 1 aliphatic heterocycles. The summed E-state index contributed by atoms with van der Waals surface area (Å²) in [5, 5.41) is 3.40. The van der Waals surface area contributed by atoms with E-state index in [1.807, 2.05) is 30.1 Å². The number of hydrogen-bond acceptors (Lipinski definition) is 4. The van der Waals surface area contributed by atoms with Gasteiger partial charge in [0.05, 0.1) is 6.54 Å². The molecule has 1 N–H and O–H groups in total. The van der Waals surface area contributed by atoms with Crippen LogP contribution in [0, 0.1) is 0 Å². The maximum absolute atomic E-state index is 4.70. The average Bonchev–Trinajstić information content (AvgIpc) is 2.55. The Labute approximate surface area is 155 Å². The SMILES string of the molecule is CCNC(=NCCSC)N1CCN(c2ccccn2)CC1.I. The second-order valence-corrected chi connectivity index (χ2v) is 5.88. The lowest BCUT2D eigenvalue weighted by Crippen LogP contribution is -2.52. The molecular weight excluding hydrogens is 409 g/mol. The van der Waals surface area contributed by atoms with E-state index in [1.54, 1.807) is 0 Å². The molecule has 2 rings (SSSR count). The zero-order valence-electron chi connectivity index (χ0n) is 13.4. The van der Waals surface area contributed by atoms with Gasteiger partial charge in [0, 0.05) is 44.7 Å². The van der Waals surface area contributed by atoms with Crippen LogP contribution in [0.3, 0.4) is 0 Å². The maximum atomic E-state index is 4.70. The third-order valence-electron chi connectivity index (χ3n) is 3.44. The Bertz CT molecular complexity index is 435. The van der Waals surface area contributed by atoms with Crippen LogP contribution in [0.1, 0.15) is 6.92 Å². The molecule has 1 saturated heterocycles. The van der Waals surface area contributed by atoms with E-state index in [9.17, 15) is 0 Å². The summed E-state index contributed by atoms with van der Waals surface area (Å²) in [6, 6.07) is 6.08. The number of aliphatic imine (C=N–C) groups is 1. The van der Waals surface area contributed by atoms with E-state index >= 15 is 0 Å². The van der Waals surface area contributed by atoms with Crippen LogP contribution < -0.4 is 10.2 Å². The number of halogens is 1. The summed E-state index contributed by atoms with van der Waals surface area (Å²) in [5.41, 5.74) is 0. The summed E-state index contributed by atoms with van der Waals surface area (Å²) in [6.07, 6.45) is 3.98. The van der Waals surface area contributed by atoms with Crippen LogP contribution in [0.15, 0.2) is 29.4 Å². The van der Waals surface area contributed by atoms with Gasteiger partial charge >= 0.3 is 0 Å². The molecule has 1 fully saturated rings. The quantitative estimate of drug-likeness (QED) is 0.333. The molecule has 0 bridgehead atoms. The number of pyridine rings is 1. The van der Waals surface area contributed by atoms with Gasteiger partial charge in [0.1, 0.15) is 5.82 Å². The summed E-state index contributed by atoms with van der Waals surface area (Å²) in [7, 11) is 0. The molecule has 2 heterocycles. The van der Waals surface area contributed by atoms with Crippen LogP contribution in [0.2, 0.25) is 0 Å². The molecule has 0 amide bonds. The first-order valence-corrected chi connectivity index (χ1v) is 8.92. The molecule has 7 heteroatoms. The second-order valence-electron chi connectivity index (χ2n) is 4.89. The van der Waals surface area contributed by atoms with E-state index in [0.29, 0.717) is 0 Å². The van der Waals surface area contributed by atoms with Crippen LogP contribution in [0.5, 0.6) is 0 Å². The molecule has 0 aromatic carbocycles. The number of anilines is 1. The maximum Gasteiger partial charge on any atom is 0.194 e. The van der Waals surface area contributed by atoms with Crippen molar-refractivity contribution in [3.05, 3.63) is 24.4 Å². The largest absolute Gasteiger partial charge is 0.357 e. The van der Waals surface area contributed by atoms with Gasteiger partial charge in [-0.15, -0.1) is 24.0 Å². The van der Waals surface area contributed by atoms with E-state index in [0.717, 1.165) is 56.8 Å². The number of thioether (sulfide) groups is 1. The van der Waals surface area contributed by atoms with Gasteiger partial charge in [0.15, 0.2) is 5.96 Å². The van der Waals surface area contributed by atoms with E-state index < -0.39 is 0 Å². The molecule has 22 heavy (non-hydrogen) atoms. The number of piperazine rings is 1. The van der Waals surface area contributed by atoms with Crippen LogP contribution in [0.4, 0.5) is 5.82 Å². The van der Waals surface area contributed by atoms with Gasteiger partial charge in [-0.3, -0.25) is 4.99 Å². The Balaban J connectivity index is 0.00000242. The number of nitrogens with zero attached hydrogens (tertiary/aromatic N) is 4. The average molecular weight is 435 g/mol. The number of guanidine groups is 1. The monoisotopic (exact) mass is 435 g/mol. The predicted octanol–water partition coefficient (Wildman–Crippen LogP) is 2.15. The Morgan fingerprint density at radius 1 is 1.32 bits per heavy atom. The molecule has 124 valence electrons. The first-order valence-electron chi connectivity index (χ1n) is 7.53. The van der Waals surface area contributed by atoms with Gasteiger partial charge in [-0.2, -0.15) is 11.8 Å². The van der Waals surface area contributed by atoms with E-state index in [4.69, 9.17) is 4.99 Å². The molecule has 1 aromatic heterocycles. The van der Waals surface area contributed by atoms with Crippen molar-refractivity contribution in [2.75, 3.05) is 56.2 Å². The van der Waals surface area contributed by atoms with Crippen molar-refractivity contribution < 1.29 is 0 Å². The molecule has 1 aliphatic rings. The highest BCUT2D eigenvalue weighted by molar-refractivity contribution is 14.0. The molecule has 1 aromatic rings. The number of rotatable bonds is 5. The van der Waals surface area contributed by atoms with Gasteiger partial charge < -0.3 is 15.1 Å². The number of nitrogens with one attached hydrogen (secondary N) is 1. The van der Waals surface area contributed by atoms with Crippen molar-refractivity contribution in [3.63, 3.8) is 0 Å². The third kappa shape index (κ3) is 5.83. The zero-order chi connectivity index (χ0) is 14.9. The van der Waals surface area contributed by atoms with E-state index in [2.05, 4.69) is 39.3 Å². The van der Waals surface area contributed by atoms with Gasteiger partial charge in [-0.25, -0.2) is 4.98 Å². The first kappa shape index (κ1) is 19.3. The van der Waals surface area contributed by atoms with Gasteiger partial charge in [0.2, 0.25) is 0 Å². The fraction of sp³-hybridized carbons (Fsp3) is 0.600. The summed E-state index contributed by atoms with van der Waals surface area (Å²) < 4.78 is 0. The molecule has 0 atom stereocenters. The minimum atomic E-state index is 0. The van der Waals surface area contributed by atoms with Crippen molar-refractivity contribution >= 4 is 47.5 Å². The third-order valence-corrected chi connectivity index (χ3v) is 4.04. The fourth-order valence-corrected chi connectivity index (χ4v) is 2.63. The Hall–Kier alpha value is -0.700. The van der Waals surface area contributed by atoms with Gasteiger partial charge in [-0.05, 0) is 25.3 Å². The molecule has 0 saturated carbocycles. The standard InChI is InChI=1S/C15H25N5S.HI/c1-3-16-15(18-8-13-21-2)20-11-9-19(10-12-20)14-6-4-5-7-17-14;/h4-7H,3,8-13H2,1-2H3,(H,16,18);1H. The molecule has 0 unspecified atom stereocenters. The second kappa shape index (κ2) is 10.9. The lowest BCUT2D eigenvalue weighted by Gasteiger charge is -2.37. The van der Waals surface area contributed by atoms with Crippen molar-refractivity contribution in [2.24, 2.45) is 4.99 Å². The van der Waals surface area contributed by atoms with E-state index in [1.165, 1.54) is 0 Å². The highest BCUT2D eigenvalue weighted by atomic mass is 127. The molecular formula is C15H26IN5S. The lowest BCUT2D eigenvalue weighted by molar-refractivity contribution is 0.372. The summed E-state index contributed by atoms with van der Waals surface area (Å²) in [6.45, 7) is 7.87. The van der Waals surface area contributed by atoms with Crippen LogP contribution >= 0.6 is 35.7 Å². The topological polar surface area (TPSA) is 43.8 Å². The minimum absolute atomic E-state index is 0.